The number of pyridine rings is 1. The molecule has 0 unspecified atom stereocenters. The van der Waals surface area contributed by atoms with Crippen LogP contribution in [0.3, 0.4) is 0 Å². The number of sulfone groups is 1. The van der Waals surface area contributed by atoms with Crippen molar-refractivity contribution in [1.82, 2.24) is 4.98 Å². The molecule has 0 aromatic carbocycles. The molecule has 1 aliphatic rings. The van der Waals surface area contributed by atoms with Crippen LogP contribution in [0.1, 0.15) is 32.1 Å². The minimum Gasteiger partial charge on any atom is -0.368 e. The molecular weight excluding hydrogens is 296 g/mol. The molecule has 1 aliphatic carbocycles. The molecule has 4 nitrogen and oxygen atoms in total. The highest BCUT2D eigenvalue weighted by Crippen LogP contribution is 2.37. The van der Waals surface area contributed by atoms with E-state index in [1.165, 1.54) is 25.5 Å². The zero-order valence-electron chi connectivity index (χ0n) is 11.7. The molecule has 2 rings (SSSR count). The molecule has 1 aromatic heterocycles. The zero-order chi connectivity index (χ0) is 14.6. The summed E-state index contributed by atoms with van der Waals surface area (Å²) >= 11 is 6.15. The first-order valence-electron chi connectivity index (χ1n) is 6.92. The van der Waals surface area contributed by atoms with Crippen LogP contribution in [0.15, 0.2) is 23.2 Å². The molecule has 1 aromatic rings. The summed E-state index contributed by atoms with van der Waals surface area (Å²) in [6.07, 6.45) is 8.62. The van der Waals surface area contributed by atoms with Gasteiger partial charge in [-0.05, 0) is 25.0 Å². The first kappa shape index (κ1) is 15.6. The Kier molecular flexibility index (Phi) is 4.91. The van der Waals surface area contributed by atoms with Crippen molar-refractivity contribution in [3.05, 3.63) is 18.3 Å². The third-order valence-electron chi connectivity index (χ3n) is 4.00. The quantitative estimate of drug-likeness (QED) is 0.848. The molecule has 1 saturated carbocycles. The maximum Gasteiger partial charge on any atom is 0.179 e. The highest BCUT2D eigenvalue weighted by Gasteiger charge is 2.31. The number of nitrogens with one attached hydrogen (secondary N) is 1. The summed E-state index contributed by atoms with van der Waals surface area (Å²) in [7, 11) is -3.27. The molecule has 0 bridgehead atoms. The van der Waals surface area contributed by atoms with Crippen LogP contribution in [-0.2, 0) is 9.84 Å². The number of hydrogen-bond donors (Lipinski definition) is 1. The molecule has 6 heteroatoms. The lowest BCUT2D eigenvalue weighted by Crippen LogP contribution is -2.34. The lowest BCUT2D eigenvalue weighted by Gasteiger charge is -2.35. The lowest BCUT2D eigenvalue weighted by molar-refractivity contribution is 0.237. The number of hydrogen-bond acceptors (Lipinski definition) is 4. The molecular formula is C14H21ClN2O2S. The maximum atomic E-state index is 11.7. The molecule has 0 aliphatic heterocycles. The van der Waals surface area contributed by atoms with E-state index in [9.17, 15) is 8.42 Å². The van der Waals surface area contributed by atoms with E-state index in [1.54, 1.807) is 18.3 Å². The van der Waals surface area contributed by atoms with Gasteiger partial charge in [-0.2, -0.15) is 0 Å². The van der Waals surface area contributed by atoms with E-state index >= 15 is 0 Å². The van der Waals surface area contributed by atoms with E-state index in [0.717, 1.165) is 12.8 Å². The van der Waals surface area contributed by atoms with E-state index in [2.05, 4.69) is 10.3 Å². The van der Waals surface area contributed by atoms with E-state index in [1.807, 2.05) is 0 Å². The van der Waals surface area contributed by atoms with Crippen molar-refractivity contribution < 1.29 is 8.42 Å². The van der Waals surface area contributed by atoms with E-state index < -0.39 is 9.84 Å². The Morgan fingerprint density at radius 3 is 2.65 bits per heavy atom. The van der Waals surface area contributed by atoms with Crippen LogP contribution in [0.25, 0.3) is 0 Å². The third kappa shape index (κ3) is 3.64. The summed E-state index contributed by atoms with van der Waals surface area (Å²) in [5, 5.41) is 3.21. The molecule has 112 valence electrons. The molecule has 1 fully saturated rings. The maximum absolute atomic E-state index is 11.7. The first-order valence-corrected chi connectivity index (χ1v) is 9.34. The van der Waals surface area contributed by atoms with Crippen molar-refractivity contribution in [1.29, 1.82) is 0 Å². The molecule has 0 spiro atoms. The summed E-state index contributed by atoms with van der Waals surface area (Å²) in [5.41, 5.74) is 0.0616. The van der Waals surface area contributed by atoms with E-state index in [-0.39, 0.29) is 10.3 Å². The number of aromatic nitrogens is 1. The summed E-state index contributed by atoms with van der Waals surface area (Å²) in [6.45, 7) is 0.677. The van der Waals surface area contributed by atoms with Gasteiger partial charge < -0.3 is 5.32 Å². The highest BCUT2D eigenvalue weighted by atomic mass is 35.5. The Bertz CT molecular complexity index is 554. The van der Waals surface area contributed by atoms with Gasteiger partial charge in [0.05, 0.1) is 0 Å². The minimum absolute atomic E-state index is 0.0616. The van der Waals surface area contributed by atoms with Gasteiger partial charge in [0.2, 0.25) is 0 Å². The van der Waals surface area contributed by atoms with Gasteiger partial charge in [0.1, 0.15) is 10.7 Å². The van der Waals surface area contributed by atoms with Gasteiger partial charge in [-0.25, -0.2) is 13.4 Å². The fourth-order valence-corrected chi connectivity index (χ4v) is 3.92. The Morgan fingerprint density at radius 2 is 2.05 bits per heavy atom. The van der Waals surface area contributed by atoms with Crippen molar-refractivity contribution in [3.8, 4) is 0 Å². The van der Waals surface area contributed by atoms with Crippen LogP contribution in [0.4, 0.5) is 5.82 Å². The van der Waals surface area contributed by atoms with Crippen molar-refractivity contribution >= 4 is 27.3 Å². The molecule has 1 heterocycles. The smallest absolute Gasteiger partial charge is 0.179 e. The second-order valence-electron chi connectivity index (χ2n) is 5.67. The molecule has 0 atom stereocenters. The first-order chi connectivity index (χ1) is 9.47. The standard InChI is InChI=1S/C14H21ClN2O2S/c1-20(18,19)12-6-5-9-16-13(12)17-11-14(10-15)7-3-2-4-8-14/h5-6,9H,2-4,7-8,10-11H2,1H3,(H,16,17). The van der Waals surface area contributed by atoms with Crippen LogP contribution in [0, 0.1) is 5.41 Å². The monoisotopic (exact) mass is 316 g/mol. The minimum atomic E-state index is -3.27. The molecule has 0 radical (unpaired) electrons. The average Bonchev–Trinajstić information content (AvgIpc) is 2.45. The van der Waals surface area contributed by atoms with E-state index in [4.69, 9.17) is 11.6 Å². The van der Waals surface area contributed by atoms with Gasteiger partial charge in [-0.1, -0.05) is 19.3 Å². The average molecular weight is 317 g/mol. The molecule has 20 heavy (non-hydrogen) atoms. The van der Waals surface area contributed by atoms with Crippen molar-refractivity contribution in [2.75, 3.05) is 24.0 Å². The second-order valence-corrected chi connectivity index (χ2v) is 7.92. The van der Waals surface area contributed by atoms with Crippen LogP contribution in [0.5, 0.6) is 0 Å². The highest BCUT2D eigenvalue weighted by molar-refractivity contribution is 7.90. The van der Waals surface area contributed by atoms with Crippen molar-refractivity contribution in [3.63, 3.8) is 0 Å². The van der Waals surface area contributed by atoms with Crippen LogP contribution in [0.2, 0.25) is 0 Å². The van der Waals surface area contributed by atoms with Gasteiger partial charge in [-0.15, -0.1) is 11.6 Å². The molecule has 1 N–H and O–H groups in total. The normalized spacial score (nSPS) is 18.7. The number of rotatable bonds is 5. The SMILES string of the molecule is CS(=O)(=O)c1cccnc1NCC1(CCl)CCCCC1. The second kappa shape index (κ2) is 6.31. The topological polar surface area (TPSA) is 59.1 Å². The van der Waals surface area contributed by atoms with Crippen LogP contribution in [-0.4, -0.2) is 32.1 Å². The number of anilines is 1. The van der Waals surface area contributed by atoms with Crippen LogP contribution < -0.4 is 5.32 Å². The Morgan fingerprint density at radius 1 is 1.35 bits per heavy atom. The largest absolute Gasteiger partial charge is 0.368 e. The third-order valence-corrected chi connectivity index (χ3v) is 5.69. The fraction of sp³-hybridized carbons (Fsp3) is 0.643. The van der Waals surface area contributed by atoms with Crippen molar-refractivity contribution in [2.24, 2.45) is 5.41 Å². The van der Waals surface area contributed by atoms with Crippen LogP contribution >= 0.6 is 11.6 Å². The summed E-state index contributed by atoms with van der Waals surface area (Å²) in [4.78, 5) is 4.41. The summed E-state index contributed by atoms with van der Waals surface area (Å²) < 4.78 is 23.5. The Balaban J connectivity index is 2.14. The van der Waals surface area contributed by atoms with Gasteiger partial charge in [0.15, 0.2) is 9.84 Å². The predicted octanol–water partition coefficient (Wildman–Crippen LogP) is 3.09. The Labute approximate surface area is 125 Å². The van der Waals surface area contributed by atoms with Gasteiger partial charge in [-0.3, -0.25) is 0 Å². The van der Waals surface area contributed by atoms with Gasteiger partial charge in [0, 0.05) is 30.3 Å². The summed E-state index contributed by atoms with van der Waals surface area (Å²) in [5.74, 6) is 1.03. The molecule has 0 amide bonds. The number of halogens is 1. The lowest BCUT2D eigenvalue weighted by atomic mass is 9.75. The van der Waals surface area contributed by atoms with E-state index in [0.29, 0.717) is 18.2 Å². The van der Waals surface area contributed by atoms with Gasteiger partial charge >= 0.3 is 0 Å². The Hall–Kier alpha value is -0.810. The fourth-order valence-electron chi connectivity index (χ4n) is 2.75. The van der Waals surface area contributed by atoms with Crippen molar-refractivity contribution in [2.45, 2.75) is 37.0 Å². The number of nitrogens with zero attached hydrogens (tertiary/aromatic N) is 1. The predicted molar refractivity (Wildman–Crippen MR) is 82.1 cm³/mol. The summed E-state index contributed by atoms with van der Waals surface area (Å²) in [6, 6.07) is 3.22. The number of alkyl halides is 1. The zero-order valence-corrected chi connectivity index (χ0v) is 13.3. The van der Waals surface area contributed by atoms with Gasteiger partial charge in [0.25, 0.3) is 0 Å². The molecule has 0 saturated heterocycles.